The number of carbonyl (C=O) groups is 2. The van der Waals surface area contributed by atoms with E-state index in [1.807, 2.05) is 31.2 Å². The van der Waals surface area contributed by atoms with E-state index in [1.54, 1.807) is 36.4 Å². The lowest BCUT2D eigenvalue weighted by atomic mass is 9.95. The largest absolute Gasteiger partial charge is 0.507 e. The summed E-state index contributed by atoms with van der Waals surface area (Å²) in [6.07, 6.45) is 1.45. The fourth-order valence-electron chi connectivity index (χ4n) is 4.57. The number of hydrogen-bond acceptors (Lipinski definition) is 7. The highest BCUT2D eigenvalue weighted by molar-refractivity contribution is 6.46. The van der Waals surface area contributed by atoms with Crippen molar-refractivity contribution >= 4 is 23.1 Å². The Morgan fingerprint density at radius 1 is 1.03 bits per heavy atom. The number of nitrogens with zero attached hydrogens (tertiary/aromatic N) is 2. The zero-order valence-electron chi connectivity index (χ0n) is 20.9. The molecule has 1 fully saturated rings. The molecule has 0 bridgehead atoms. The smallest absolute Gasteiger partial charge is 0.296 e. The molecule has 0 spiro atoms. The number of aliphatic hydroxyl groups is 1. The standard InChI is InChI=1S/C30H24N2O7/c1-19-4-2-5-20(16-19)18-39-24-13-9-22(10-14-24)28(33)26-27(21-7-11-23(12-8-21)32(36)37)31(30(35)29(26)34)17-25-6-3-15-38-25/h2-16,27,33H,17-18H2,1H3/t27-/m0/s1. The van der Waals surface area contributed by atoms with Gasteiger partial charge in [-0.3, -0.25) is 19.7 Å². The molecule has 4 aromatic rings. The number of amides is 1. The van der Waals surface area contributed by atoms with Crippen LogP contribution >= 0.6 is 0 Å². The Morgan fingerprint density at radius 2 is 1.77 bits per heavy atom. The van der Waals surface area contributed by atoms with Crippen LogP contribution in [0.25, 0.3) is 5.76 Å². The maximum Gasteiger partial charge on any atom is 0.296 e. The van der Waals surface area contributed by atoms with Crippen LogP contribution in [0.4, 0.5) is 5.69 Å². The van der Waals surface area contributed by atoms with Crippen LogP contribution < -0.4 is 4.74 Å². The van der Waals surface area contributed by atoms with Gasteiger partial charge in [-0.2, -0.15) is 0 Å². The molecule has 0 saturated carbocycles. The van der Waals surface area contributed by atoms with Crippen molar-refractivity contribution in [2.24, 2.45) is 0 Å². The number of carbonyl (C=O) groups excluding carboxylic acids is 2. The molecule has 2 heterocycles. The zero-order valence-corrected chi connectivity index (χ0v) is 20.9. The maximum absolute atomic E-state index is 13.2. The number of hydrogen-bond donors (Lipinski definition) is 1. The summed E-state index contributed by atoms with van der Waals surface area (Å²) in [7, 11) is 0. The predicted molar refractivity (Wildman–Crippen MR) is 142 cm³/mol. The molecule has 1 aromatic heterocycles. The van der Waals surface area contributed by atoms with Gasteiger partial charge < -0.3 is 19.2 Å². The van der Waals surface area contributed by atoms with Crippen molar-refractivity contribution in [3.05, 3.63) is 135 Å². The van der Waals surface area contributed by atoms with Crippen LogP contribution in [-0.2, 0) is 22.7 Å². The van der Waals surface area contributed by atoms with Crippen molar-refractivity contribution < 1.29 is 28.8 Å². The van der Waals surface area contributed by atoms with Crippen molar-refractivity contribution in [3.63, 3.8) is 0 Å². The molecule has 0 radical (unpaired) electrons. The summed E-state index contributed by atoms with van der Waals surface area (Å²) in [5.41, 5.74) is 2.65. The van der Waals surface area contributed by atoms with Crippen molar-refractivity contribution in [2.45, 2.75) is 26.1 Å². The number of ether oxygens (including phenoxy) is 1. The van der Waals surface area contributed by atoms with E-state index in [0.717, 1.165) is 11.1 Å². The van der Waals surface area contributed by atoms with Crippen molar-refractivity contribution in [1.82, 2.24) is 4.90 Å². The number of aryl methyl sites for hydroxylation is 1. The summed E-state index contributed by atoms with van der Waals surface area (Å²) < 4.78 is 11.2. The average Bonchev–Trinajstić information content (AvgIpc) is 3.54. The van der Waals surface area contributed by atoms with Gasteiger partial charge in [0.1, 0.15) is 23.9 Å². The predicted octanol–water partition coefficient (Wildman–Crippen LogP) is 5.70. The Hall–Kier alpha value is -5.18. The molecular weight excluding hydrogens is 500 g/mol. The number of nitro benzene ring substituents is 1. The quantitative estimate of drug-likeness (QED) is 0.103. The molecule has 9 heteroatoms. The van der Waals surface area contributed by atoms with Crippen LogP contribution in [0.5, 0.6) is 5.75 Å². The molecular formula is C30H24N2O7. The van der Waals surface area contributed by atoms with Gasteiger partial charge in [0.15, 0.2) is 0 Å². The number of likely N-dealkylation sites (tertiary alicyclic amines) is 1. The minimum absolute atomic E-state index is 0.0260. The summed E-state index contributed by atoms with van der Waals surface area (Å²) in [6.45, 7) is 2.34. The Labute approximate surface area is 223 Å². The second-order valence-electron chi connectivity index (χ2n) is 9.16. The van der Waals surface area contributed by atoms with E-state index >= 15 is 0 Å². The molecule has 3 aromatic carbocycles. The van der Waals surface area contributed by atoms with E-state index < -0.39 is 22.7 Å². The molecule has 5 rings (SSSR count). The van der Waals surface area contributed by atoms with Crippen LogP contribution in [0.15, 0.2) is 101 Å². The van der Waals surface area contributed by atoms with Crippen LogP contribution in [-0.4, -0.2) is 26.6 Å². The molecule has 1 aliphatic heterocycles. The number of rotatable bonds is 8. The number of nitro groups is 1. The Kier molecular flexibility index (Phi) is 6.96. The van der Waals surface area contributed by atoms with E-state index in [0.29, 0.717) is 29.2 Å². The minimum atomic E-state index is -0.979. The summed E-state index contributed by atoms with van der Waals surface area (Å²) in [5.74, 6) is -1.02. The van der Waals surface area contributed by atoms with Crippen molar-refractivity contribution in [3.8, 4) is 5.75 Å². The highest BCUT2D eigenvalue weighted by Gasteiger charge is 2.46. The van der Waals surface area contributed by atoms with Gasteiger partial charge >= 0.3 is 0 Å². The van der Waals surface area contributed by atoms with Crippen LogP contribution in [0.3, 0.4) is 0 Å². The fourth-order valence-corrected chi connectivity index (χ4v) is 4.57. The first kappa shape index (κ1) is 25.5. The first-order chi connectivity index (χ1) is 18.8. The molecule has 1 amide bonds. The number of furan rings is 1. The molecule has 9 nitrogen and oxygen atoms in total. The maximum atomic E-state index is 13.2. The van der Waals surface area contributed by atoms with Gasteiger partial charge in [0, 0.05) is 17.7 Å². The zero-order chi connectivity index (χ0) is 27.5. The SMILES string of the molecule is Cc1cccc(COc2ccc(C(O)=C3C(=O)C(=O)N(Cc4ccco4)[C@H]3c3ccc([N+](=O)[O-])cc3)cc2)c1. The summed E-state index contributed by atoms with van der Waals surface area (Å²) in [5, 5.41) is 22.4. The first-order valence-electron chi connectivity index (χ1n) is 12.2. The third kappa shape index (κ3) is 5.28. The number of Topliss-reactive ketones (excluding diaryl/α,β-unsaturated/α-hetero) is 1. The van der Waals surface area contributed by atoms with Crippen LogP contribution in [0.1, 0.15) is 34.1 Å². The third-order valence-electron chi connectivity index (χ3n) is 6.48. The van der Waals surface area contributed by atoms with E-state index in [-0.39, 0.29) is 23.6 Å². The Balaban J connectivity index is 1.47. The molecule has 0 unspecified atom stereocenters. The second kappa shape index (κ2) is 10.7. The molecule has 1 aliphatic rings. The van der Waals surface area contributed by atoms with E-state index in [2.05, 4.69) is 0 Å². The Morgan fingerprint density at radius 3 is 2.41 bits per heavy atom. The molecule has 1 saturated heterocycles. The highest BCUT2D eigenvalue weighted by Crippen LogP contribution is 2.41. The fraction of sp³-hybridized carbons (Fsp3) is 0.133. The molecule has 196 valence electrons. The van der Waals surface area contributed by atoms with E-state index in [9.17, 15) is 24.8 Å². The Bertz CT molecular complexity index is 1560. The summed E-state index contributed by atoms with van der Waals surface area (Å²) in [6, 6.07) is 22.4. The number of ketones is 1. The van der Waals surface area contributed by atoms with E-state index in [1.165, 1.54) is 35.4 Å². The van der Waals surface area contributed by atoms with Gasteiger partial charge in [-0.15, -0.1) is 0 Å². The minimum Gasteiger partial charge on any atom is -0.507 e. The monoisotopic (exact) mass is 524 g/mol. The second-order valence-corrected chi connectivity index (χ2v) is 9.16. The normalized spacial score (nSPS) is 16.4. The van der Waals surface area contributed by atoms with E-state index in [4.69, 9.17) is 9.15 Å². The van der Waals surface area contributed by atoms with Gasteiger partial charge in [0.25, 0.3) is 17.4 Å². The average molecular weight is 525 g/mol. The van der Waals surface area contributed by atoms with Gasteiger partial charge in [-0.1, -0.05) is 29.8 Å². The summed E-state index contributed by atoms with van der Waals surface area (Å²) >= 11 is 0. The molecule has 39 heavy (non-hydrogen) atoms. The van der Waals surface area contributed by atoms with Gasteiger partial charge in [-0.25, -0.2) is 0 Å². The number of non-ortho nitro benzene ring substituents is 1. The number of aliphatic hydroxyl groups excluding tert-OH is 1. The van der Waals surface area contributed by atoms with Crippen molar-refractivity contribution in [1.29, 1.82) is 0 Å². The number of benzene rings is 3. The lowest BCUT2D eigenvalue weighted by Gasteiger charge is -2.24. The molecule has 1 atom stereocenters. The van der Waals surface area contributed by atoms with Crippen molar-refractivity contribution in [2.75, 3.05) is 0 Å². The molecule has 1 N–H and O–H groups in total. The van der Waals surface area contributed by atoms with Gasteiger partial charge in [0.2, 0.25) is 0 Å². The lowest BCUT2D eigenvalue weighted by molar-refractivity contribution is -0.384. The topological polar surface area (TPSA) is 123 Å². The van der Waals surface area contributed by atoms with Gasteiger partial charge in [0.05, 0.1) is 29.3 Å². The first-order valence-corrected chi connectivity index (χ1v) is 12.2. The highest BCUT2D eigenvalue weighted by atomic mass is 16.6. The van der Waals surface area contributed by atoms with Crippen LogP contribution in [0, 0.1) is 17.0 Å². The summed E-state index contributed by atoms with van der Waals surface area (Å²) in [4.78, 5) is 38.2. The third-order valence-corrected chi connectivity index (χ3v) is 6.48. The van der Waals surface area contributed by atoms with Gasteiger partial charge in [-0.05, 0) is 66.6 Å². The molecule has 0 aliphatic carbocycles. The lowest BCUT2D eigenvalue weighted by Crippen LogP contribution is -2.29. The van der Waals surface area contributed by atoms with Crippen LogP contribution in [0.2, 0.25) is 0 Å².